The minimum Gasteiger partial charge on any atom is -0.330 e. The number of rotatable bonds is 5. The summed E-state index contributed by atoms with van der Waals surface area (Å²) in [5.41, 5.74) is 7.93. The van der Waals surface area contributed by atoms with E-state index in [1.165, 1.54) is 28.1 Å². The van der Waals surface area contributed by atoms with E-state index in [1.807, 2.05) is 11.3 Å². The number of nitrogens with two attached hydrogens (primary N) is 1. The second kappa shape index (κ2) is 5.41. The highest BCUT2D eigenvalue weighted by atomic mass is 32.1. The summed E-state index contributed by atoms with van der Waals surface area (Å²) in [6.07, 6.45) is 4.64. The molecule has 2 aromatic rings. The number of aromatic nitrogens is 1. The highest BCUT2D eigenvalue weighted by molar-refractivity contribution is 7.18. The predicted molar refractivity (Wildman–Crippen MR) is 71.0 cm³/mol. The van der Waals surface area contributed by atoms with Crippen LogP contribution in [0.1, 0.15) is 29.8 Å². The third kappa shape index (κ3) is 2.80. The van der Waals surface area contributed by atoms with Crippen molar-refractivity contribution in [2.24, 2.45) is 5.73 Å². The van der Waals surface area contributed by atoms with E-state index in [-0.39, 0.29) is 0 Å². The van der Waals surface area contributed by atoms with E-state index < -0.39 is 0 Å². The van der Waals surface area contributed by atoms with Crippen molar-refractivity contribution in [1.82, 2.24) is 4.98 Å². The Morgan fingerprint density at radius 1 is 1.25 bits per heavy atom. The summed E-state index contributed by atoms with van der Waals surface area (Å²) in [7, 11) is 0. The van der Waals surface area contributed by atoms with Gasteiger partial charge in [0.25, 0.3) is 0 Å². The smallest absolute Gasteiger partial charge is 0.0938 e. The van der Waals surface area contributed by atoms with Gasteiger partial charge in [0, 0.05) is 0 Å². The summed E-state index contributed by atoms with van der Waals surface area (Å²) in [4.78, 5) is 4.64. The Labute approximate surface area is 101 Å². The molecule has 2 nitrogen and oxygen atoms in total. The van der Waals surface area contributed by atoms with Gasteiger partial charge in [0.1, 0.15) is 0 Å². The Morgan fingerprint density at radius 3 is 2.94 bits per heavy atom. The number of fused-ring (bicyclic) bond motifs is 1. The topological polar surface area (TPSA) is 38.9 Å². The van der Waals surface area contributed by atoms with Crippen molar-refractivity contribution in [2.75, 3.05) is 6.54 Å². The van der Waals surface area contributed by atoms with Crippen molar-refractivity contribution in [2.45, 2.75) is 32.6 Å². The van der Waals surface area contributed by atoms with Crippen LogP contribution in [-0.4, -0.2) is 11.5 Å². The van der Waals surface area contributed by atoms with Gasteiger partial charge < -0.3 is 5.73 Å². The van der Waals surface area contributed by atoms with Crippen LogP contribution in [0.5, 0.6) is 0 Å². The van der Waals surface area contributed by atoms with Gasteiger partial charge in [-0.25, -0.2) is 4.98 Å². The van der Waals surface area contributed by atoms with Gasteiger partial charge in [0.05, 0.1) is 15.2 Å². The van der Waals surface area contributed by atoms with Crippen LogP contribution in [0.4, 0.5) is 0 Å². The number of aryl methyl sites for hydroxylation is 2. The maximum atomic E-state index is 5.47. The second-order valence-corrected chi connectivity index (χ2v) is 5.29. The molecule has 16 heavy (non-hydrogen) atoms. The molecule has 0 saturated carbocycles. The van der Waals surface area contributed by atoms with Gasteiger partial charge >= 0.3 is 0 Å². The van der Waals surface area contributed by atoms with Crippen LogP contribution in [0.2, 0.25) is 0 Å². The monoisotopic (exact) mass is 234 g/mol. The first-order chi connectivity index (χ1) is 7.79. The highest BCUT2D eigenvalue weighted by Crippen LogP contribution is 2.24. The Kier molecular flexibility index (Phi) is 3.91. The number of hydrogen-bond acceptors (Lipinski definition) is 3. The third-order valence-corrected chi connectivity index (χ3v) is 3.76. The molecule has 0 bridgehead atoms. The maximum absolute atomic E-state index is 5.47. The standard InChI is InChI=1S/C13H18N2S/c1-10-6-7-11-12(9-10)16-13(15-11)5-3-2-4-8-14/h6-7,9H,2-5,8,14H2,1H3. The van der Waals surface area contributed by atoms with Crippen molar-refractivity contribution in [3.8, 4) is 0 Å². The summed E-state index contributed by atoms with van der Waals surface area (Å²) in [5.74, 6) is 0. The molecule has 3 heteroatoms. The van der Waals surface area contributed by atoms with Crippen LogP contribution >= 0.6 is 11.3 Å². The maximum Gasteiger partial charge on any atom is 0.0938 e. The number of benzene rings is 1. The molecule has 0 amide bonds. The van der Waals surface area contributed by atoms with Gasteiger partial charge in [0.15, 0.2) is 0 Å². The fraction of sp³-hybridized carbons (Fsp3) is 0.462. The first kappa shape index (κ1) is 11.6. The van der Waals surface area contributed by atoms with Crippen molar-refractivity contribution in [3.05, 3.63) is 28.8 Å². The van der Waals surface area contributed by atoms with Crippen LogP contribution in [0.15, 0.2) is 18.2 Å². The van der Waals surface area contributed by atoms with Crippen molar-refractivity contribution >= 4 is 21.6 Å². The van der Waals surface area contributed by atoms with E-state index in [2.05, 4.69) is 30.1 Å². The van der Waals surface area contributed by atoms with Crippen molar-refractivity contribution in [1.29, 1.82) is 0 Å². The molecular formula is C13H18N2S. The lowest BCUT2D eigenvalue weighted by Crippen LogP contribution is -1.98. The predicted octanol–water partition coefficient (Wildman–Crippen LogP) is 3.28. The quantitative estimate of drug-likeness (QED) is 0.806. The molecule has 0 unspecified atom stereocenters. The minimum atomic E-state index is 0.805. The third-order valence-electron chi connectivity index (χ3n) is 2.68. The summed E-state index contributed by atoms with van der Waals surface area (Å²) in [5, 5.41) is 1.26. The minimum absolute atomic E-state index is 0.805. The van der Waals surface area contributed by atoms with Gasteiger partial charge in [0.2, 0.25) is 0 Å². The normalized spacial score (nSPS) is 11.1. The van der Waals surface area contributed by atoms with Gasteiger partial charge in [-0.2, -0.15) is 0 Å². The Hall–Kier alpha value is -0.930. The molecule has 0 radical (unpaired) electrons. The molecule has 1 aromatic carbocycles. The lowest BCUT2D eigenvalue weighted by atomic mass is 10.2. The summed E-state index contributed by atoms with van der Waals surface area (Å²) >= 11 is 1.83. The molecular weight excluding hydrogens is 216 g/mol. The Morgan fingerprint density at radius 2 is 2.12 bits per heavy atom. The van der Waals surface area contributed by atoms with E-state index in [0.717, 1.165) is 24.9 Å². The molecule has 0 atom stereocenters. The van der Waals surface area contributed by atoms with E-state index in [0.29, 0.717) is 0 Å². The fourth-order valence-corrected chi connectivity index (χ4v) is 2.89. The molecule has 0 aliphatic heterocycles. The highest BCUT2D eigenvalue weighted by Gasteiger charge is 2.03. The van der Waals surface area contributed by atoms with Crippen LogP contribution < -0.4 is 5.73 Å². The first-order valence-electron chi connectivity index (χ1n) is 5.86. The zero-order valence-electron chi connectivity index (χ0n) is 9.70. The van der Waals surface area contributed by atoms with Crippen LogP contribution in [0.25, 0.3) is 10.2 Å². The largest absolute Gasteiger partial charge is 0.330 e. The average Bonchev–Trinajstić information content (AvgIpc) is 2.66. The molecule has 0 aliphatic carbocycles. The van der Waals surface area contributed by atoms with Crippen LogP contribution in [0, 0.1) is 6.92 Å². The number of unbranched alkanes of at least 4 members (excludes halogenated alkanes) is 2. The SMILES string of the molecule is Cc1ccc2nc(CCCCCN)sc2c1. The molecule has 0 spiro atoms. The summed E-state index contributed by atoms with van der Waals surface area (Å²) in [6, 6.07) is 6.46. The summed E-state index contributed by atoms with van der Waals surface area (Å²) in [6.45, 7) is 2.93. The number of nitrogens with zero attached hydrogens (tertiary/aromatic N) is 1. The zero-order chi connectivity index (χ0) is 11.4. The number of thiazole rings is 1. The van der Waals surface area contributed by atoms with Crippen LogP contribution in [-0.2, 0) is 6.42 Å². The van der Waals surface area contributed by atoms with Crippen LogP contribution in [0.3, 0.4) is 0 Å². The number of hydrogen-bond donors (Lipinski definition) is 1. The average molecular weight is 234 g/mol. The van der Waals surface area contributed by atoms with Gasteiger partial charge in [-0.05, 0) is 50.4 Å². The lowest BCUT2D eigenvalue weighted by Gasteiger charge is -1.95. The van der Waals surface area contributed by atoms with E-state index in [9.17, 15) is 0 Å². The fourth-order valence-electron chi connectivity index (χ4n) is 1.78. The molecule has 0 fully saturated rings. The Bertz CT molecular complexity index is 462. The molecule has 86 valence electrons. The van der Waals surface area contributed by atoms with Gasteiger partial charge in [-0.3, -0.25) is 0 Å². The molecule has 2 rings (SSSR count). The zero-order valence-corrected chi connectivity index (χ0v) is 10.5. The Balaban J connectivity index is 2.02. The molecule has 0 saturated heterocycles. The van der Waals surface area contributed by atoms with E-state index in [1.54, 1.807) is 0 Å². The molecule has 1 aromatic heterocycles. The molecule has 2 N–H and O–H groups in total. The second-order valence-electron chi connectivity index (χ2n) is 4.18. The van der Waals surface area contributed by atoms with Crippen molar-refractivity contribution < 1.29 is 0 Å². The van der Waals surface area contributed by atoms with E-state index >= 15 is 0 Å². The summed E-state index contributed by atoms with van der Waals surface area (Å²) < 4.78 is 1.31. The molecule has 0 aliphatic rings. The van der Waals surface area contributed by atoms with Gasteiger partial charge in [-0.15, -0.1) is 11.3 Å². The first-order valence-corrected chi connectivity index (χ1v) is 6.67. The van der Waals surface area contributed by atoms with Crippen molar-refractivity contribution in [3.63, 3.8) is 0 Å². The molecule has 1 heterocycles. The lowest BCUT2D eigenvalue weighted by molar-refractivity contribution is 0.685. The van der Waals surface area contributed by atoms with E-state index in [4.69, 9.17) is 5.73 Å². The van der Waals surface area contributed by atoms with Gasteiger partial charge in [-0.1, -0.05) is 12.5 Å².